The highest BCUT2D eigenvalue weighted by Crippen LogP contribution is 2.16. The summed E-state index contributed by atoms with van der Waals surface area (Å²) in [5.41, 5.74) is 0. The number of aliphatic carboxylic acids is 1. The fraction of sp³-hybridized carbons (Fsp3) is 0.632. The number of hydrogen-bond acceptors (Lipinski definition) is 3. The summed E-state index contributed by atoms with van der Waals surface area (Å²) in [4.78, 5) is 10.4. The molecular weight excluding hydrogens is 292 g/mol. The maximum Gasteiger partial charge on any atom is 0.303 e. The fourth-order valence-electron chi connectivity index (χ4n) is 2.34. The van der Waals surface area contributed by atoms with Gasteiger partial charge >= 0.3 is 5.97 Å². The van der Waals surface area contributed by atoms with E-state index in [1.807, 2.05) is 6.08 Å². The van der Waals surface area contributed by atoms with Crippen molar-refractivity contribution in [2.24, 2.45) is 0 Å². The van der Waals surface area contributed by atoms with Gasteiger partial charge in [0.25, 0.3) is 0 Å². The summed E-state index contributed by atoms with van der Waals surface area (Å²) in [5, 5.41) is 8.54. The maximum atomic E-state index is 10.4. The Morgan fingerprint density at radius 2 is 1.70 bits per heavy atom. The van der Waals surface area contributed by atoms with Crippen molar-refractivity contribution in [3.05, 3.63) is 36.5 Å². The van der Waals surface area contributed by atoms with Crippen molar-refractivity contribution in [3.63, 3.8) is 0 Å². The number of hydrogen-bond donors (Lipinski definition) is 1. The summed E-state index contributed by atoms with van der Waals surface area (Å²) >= 11 is 0. The Bertz CT molecular complexity index is 398. The first-order valence-corrected chi connectivity index (χ1v) is 8.67. The topological polar surface area (TPSA) is 55.8 Å². The smallest absolute Gasteiger partial charge is 0.303 e. The summed E-state index contributed by atoms with van der Waals surface area (Å²) in [6, 6.07) is 0. The number of rotatable bonds is 12. The first-order valence-electron chi connectivity index (χ1n) is 8.67. The van der Waals surface area contributed by atoms with Crippen molar-refractivity contribution >= 4 is 5.97 Å². The molecule has 23 heavy (non-hydrogen) atoms. The fourth-order valence-corrected chi connectivity index (χ4v) is 2.34. The Balaban J connectivity index is 2.18. The van der Waals surface area contributed by atoms with Crippen molar-refractivity contribution in [2.45, 2.75) is 70.5 Å². The van der Waals surface area contributed by atoms with Gasteiger partial charge in [0.1, 0.15) is 19.0 Å². The van der Waals surface area contributed by atoms with E-state index in [0.29, 0.717) is 13.2 Å². The van der Waals surface area contributed by atoms with E-state index < -0.39 is 5.97 Å². The second kappa shape index (κ2) is 13.1. The molecular formula is C19H30O4. The summed E-state index contributed by atoms with van der Waals surface area (Å²) in [5.74, 6) is -0.731. The molecule has 130 valence electrons. The van der Waals surface area contributed by atoms with E-state index in [1.165, 1.54) is 19.3 Å². The average Bonchev–Trinajstić information content (AvgIpc) is 2.97. The molecule has 0 saturated carbocycles. The van der Waals surface area contributed by atoms with Crippen LogP contribution in [0.4, 0.5) is 0 Å². The highest BCUT2D eigenvalue weighted by Gasteiger charge is 2.23. The Kier molecular flexibility index (Phi) is 11.2. The molecule has 0 spiro atoms. The second-order valence-corrected chi connectivity index (χ2v) is 5.73. The van der Waals surface area contributed by atoms with Crippen LogP contribution in [0.2, 0.25) is 0 Å². The molecule has 0 amide bonds. The maximum absolute atomic E-state index is 10.4. The molecule has 0 aliphatic carbocycles. The zero-order valence-electron chi connectivity index (χ0n) is 14.2. The van der Waals surface area contributed by atoms with Crippen LogP contribution < -0.4 is 0 Å². The van der Waals surface area contributed by atoms with E-state index in [-0.39, 0.29) is 18.6 Å². The van der Waals surface area contributed by atoms with Gasteiger partial charge in [0.2, 0.25) is 0 Å². The quantitative estimate of drug-likeness (QED) is 0.421. The second-order valence-electron chi connectivity index (χ2n) is 5.73. The third-order valence-corrected chi connectivity index (χ3v) is 3.67. The SMILES string of the molecule is CCCCC/C=C\[C@@H]1OCO[C@H]1/C=C\C/C=C\CCCC(=O)O. The largest absolute Gasteiger partial charge is 0.481 e. The lowest BCUT2D eigenvalue weighted by Crippen LogP contribution is -2.17. The van der Waals surface area contributed by atoms with Crippen molar-refractivity contribution in [1.82, 2.24) is 0 Å². The van der Waals surface area contributed by atoms with Gasteiger partial charge in [0.05, 0.1) is 0 Å². The van der Waals surface area contributed by atoms with Gasteiger partial charge in [-0.25, -0.2) is 0 Å². The molecule has 1 aliphatic rings. The van der Waals surface area contributed by atoms with Crippen LogP contribution in [-0.4, -0.2) is 30.1 Å². The van der Waals surface area contributed by atoms with Crippen LogP contribution in [0.1, 0.15) is 58.3 Å². The third-order valence-electron chi connectivity index (χ3n) is 3.67. The standard InChI is InChI=1S/C19H30O4/c1-2-3-4-7-10-13-17-18(23-16-22-17)14-11-8-5-6-9-12-15-19(20)21/h5-6,10-11,13-14,17-18H,2-4,7-9,12,15-16H2,1H3,(H,20,21)/b6-5-,13-10-,14-11-/t17-,18-/m0/s1. The molecule has 0 aromatic carbocycles. The molecule has 1 N–H and O–H groups in total. The Morgan fingerprint density at radius 3 is 2.39 bits per heavy atom. The molecule has 1 saturated heterocycles. The number of allylic oxidation sites excluding steroid dienone is 4. The number of ether oxygens (including phenoxy) is 2. The molecule has 4 nitrogen and oxygen atoms in total. The van der Waals surface area contributed by atoms with E-state index in [1.54, 1.807) is 0 Å². The van der Waals surface area contributed by atoms with Crippen LogP contribution in [0.25, 0.3) is 0 Å². The van der Waals surface area contributed by atoms with Crippen LogP contribution in [0, 0.1) is 0 Å². The lowest BCUT2D eigenvalue weighted by Gasteiger charge is -2.08. The third kappa shape index (κ3) is 10.1. The lowest BCUT2D eigenvalue weighted by atomic mass is 10.1. The predicted octanol–water partition coefficient (Wildman–Crippen LogP) is 4.62. The molecule has 0 radical (unpaired) electrons. The molecule has 1 heterocycles. The van der Waals surface area contributed by atoms with Gasteiger partial charge in [-0.15, -0.1) is 0 Å². The highest BCUT2D eigenvalue weighted by molar-refractivity contribution is 5.66. The van der Waals surface area contributed by atoms with Crippen LogP contribution in [-0.2, 0) is 14.3 Å². The van der Waals surface area contributed by atoms with E-state index in [4.69, 9.17) is 14.6 Å². The Labute approximate surface area is 139 Å². The van der Waals surface area contributed by atoms with Crippen LogP contribution in [0.3, 0.4) is 0 Å². The minimum atomic E-state index is -0.731. The number of unbranched alkanes of at least 4 members (excludes halogenated alkanes) is 4. The van der Waals surface area contributed by atoms with Crippen molar-refractivity contribution in [1.29, 1.82) is 0 Å². The molecule has 0 aromatic rings. The molecule has 1 fully saturated rings. The molecule has 0 bridgehead atoms. The Hall–Kier alpha value is -1.39. The van der Waals surface area contributed by atoms with Gasteiger partial charge in [0, 0.05) is 6.42 Å². The monoisotopic (exact) mass is 322 g/mol. The van der Waals surface area contributed by atoms with E-state index in [2.05, 4.69) is 37.3 Å². The summed E-state index contributed by atoms with van der Waals surface area (Å²) in [6.07, 6.45) is 20.0. The van der Waals surface area contributed by atoms with Gasteiger partial charge in [-0.05, 0) is 32.1 Å². The highest BCUT2D eigenvalue weighted by atomic mass is 16.7. The van der Waals surface area contributed by atoms with E-state index in [9.17, 15) is 4.79 Å². The lowest BCUT2D eigenvalue weighted by molar-refractivity contribution is -0.137. The van der Waals surface area contributed by atoms with Gasteiger partial charge in [0.15, 0.2) is 0 Å². The predicted molar refractivity (Wildman–Crippen MR) is 92.3 cm³/mol. The van der Waals surface area contributed by atoms with Gasteiger partial charge in [-0.3, -0.25) is 4.79 Å². The molecule has 1 aliphatic heterocycles. The van der Waals surface area contributed by atoms with Gasteiger partial charge in [-0.2, -0.15) is 0 Å². The molecule has 2 atom stereocenters. The van der Waals surface area contributed by atoms with E-state index in [0.717, 1.165) is 19.3 Å². The molecule has 4 heteroatoms. The van der Waals surface area contributed by atoms with Crippen LogP contribution in [0.5, 0.6) is 0 Å². The number of carboxylic acids is 1. The first-order chi connectivity index (χ1) is 11.2. The summed E-state index contributed by atoms with van der Waals surface area (Å²) in [7, 11) is 0. The van der Waals surface area contributed by atoms with Gasteiger partial charge in [-0.1, -0.05) is 56.2 Å². The van der Waals surface area contributed by atoms with Crippen molar-refractivity contribution < 1.29 is 19.4 Å². The number of carbonyl (C=O) groups is 1. The zero-order valence-corrected chi connectivity index (χ0v) is 14.2. The van der Waals surface area contributed by atoms with Crippen molar-refractivity contribution in [2.75, 3.05) is 6.79 Å². The zero-order chi connectivity index (χ0) is 16.8. The summed E-state index contributed by atoms with van der Waals surface area (Å²) in [6.45, 7) is 2.56. The minimum Gasteiger partial charge on any atom is -0.481 e. The molecule has 0 unspecified atom stereocenters. The first kappa shape index (κ1) is 19.7. The van der Waals surface area contributed by atoms with Crippen LogP contribution in [0.15, 0.2) is 36.5 Å². The molecule has 0 aromatic heterocycles. The Morgan fingerprint density at radius 1 is 1.00 bits per heavy atom. The summed E-state index contributed by atoms with van der Waals surface area (Å²) < 4.78 is 11.1. The minimum absolute atomic E-state index is 0.00200. The molecule has 1 rings (SSSR count). The van der Waals surface area contributed by atoms with E-state index >= 15 is 0 Å². The van der Waals surface area contributed by atoms with Crippen molar-refractivity contribution in [3.8, 4) is 0 Å². The normalized spacial score (nSPS) is 22.0. The number of carboxylic acid groups (broad SMARTS) is 1. The van der Waals surface area contributed by atoms with Crippen LogP contribution >= 0.6 is 0 Å². The van der Waals surface area contributed by atoms with Gasteiger partial charge < -0.3 is 14.6 Å². The average molecular weight is 322 g/mol.